The molecule has 2 aliphatic heterocycles. The van der Waals surface area contributed by atoms with Crippen LogP contribution >= 0.6 is 11.3 Å². The van der Waals surface area contributed by atoms with Crippen LogP contribution in [0.2, 0.25) is 0 Å². The molecule has 4 heterocycles. The van der Waals surface area contributed by atoms with Crippen LogP contribution in [0.5, 0.6) is 0 Å². The molecular weight excluding hydrogens is 1090 g/mol. The number of carbonyl (C=O) groups excluding carboxylic acids is 6. The van der Waals surface area contributed by atoms with E-state index in [0.717, 1.165) is 33.5 Å². The molecule has 3 aromatic carbocycles. The number of aromatic nitrogens is 2. The van der Waals surface area contributed by atoms with E-state index in [-0.39, 0.29) is 91.4 Å². The van der Waals surface area contributed by atoms with Crippen LogP contribution in [0.3, 0.4) is 0 Å². The highest BCUT2D eigenvalue weighted by molar-refractivity contribution is 7.13. The second-order valence-electron chi connectivity index (χ2n) is 22.7. The molecule has 1 saturated carbocycles. The number of fused-ring (bicyclic) bond motifs is 6. The average molecular weight is 1170 g/mol. The van der Waals surface area contributed by atoms with Gasteiger partial charge < -0.3 is 54.4 Å². The molecule has 84 heavy (non-hydrogen) atoms. The maximum Gasteiger partial charge on any atom is 0.255 e. The normalized spacial score (nSPS) is 20.3. The van der Waals surface area contributed by atoms with E-state index < -0.39 is 23.5 Å². The van der Waals surface area contributed by atoms with Crippen LogP contribution in [-0.2, 0) is 58.9 Å². The smallest absolute Gasteiger partial charge is 0.255 e. The van der Waals surface area contributed by atoms with Crippen LogP contribution in [0, 0.1) is 41.9 Å². The fourth-order valence-electron chi connectivity index (χ4n) is 11.5. The highest BCUT2D eigenvalue weighted by atomic mass is 32.1. The molecule has 1 unspecified atom stereocenters. The van der Waals surface area contributed by atoms with E-state index in [0.29, 0.717) is 114 Å². The van der Waals surface area contributed by atoms with Gasteiger partial charge in [0, 0.05) is 67.6 Å². The van der Waals surface area contributed by atoms with Gasteiger partial charge >= 0.3 is 0 Å². The molecule has 0 spiro atoms. The predicted molar refractivity (Wildman–Crippen MR) is 317 cm³/mol. The number of aryl methyl sites for hydroxylation is 1. The lowest BCUT2D eigenvalue weighted by Gasteiger charge is -2.34. The average Bonchev–Trinajstić information content (AvgIpc) is 1.69. The molecule has 2 saturated heterocycles. The summed E-state index contributed by atoms with van der Waals surface area (Å²) in [6, 6.07) is 20.8. The van der Waals surface area contributed by atoms with Crippen molar-refractivity contribution >= 4 is 74.6 Å². The Morgan fingerprint density at radius 1 is 0.726 bits per heavy atom. The van der Waals surface area contributed by atoms with E-state index in [9.17, 15) is 33.9 Å². The number of hydrogen-bond acceptors (Lipinski definition) is 17. The minimum atomic E-state index is -0.872. The van der Waals surface area contributed by atoms with Gasteiger partial charge in [-0.05, 0) is 90.3 Å². The lowest BCUT2D eigenvalue weighted by molar-refractivity contribution is -0.145. The van der Waals surface area contributed by atoms with Crippen molar-refractivity contribution in [2.24, 2.45) is 35.0 Å². The number of carbonyl (C=O) groups is 6. The lowest BCUT2D eigenvalue weighted by Crippen LogP contribution is -2.48. The number of aliphatic hydroxyl groups excluding tert-OH is 1. The quantitative estimate of drug-likeness (QED) is 0.0192. The third kappa shape index (κ3) is 15.6. The zero-order valence-corrected chi connectivity index (χ0v) is 49.1. The third-order valence-corrected chi connectivity index (χ3v) is 16.9. The first-order chi connectivity index (χ1) is 40.7. The number of aliphatic hydroxyl groups is 1. The fourth-order valence-corrected chi connectivity index (χ4v) is 12.3. The zero-order valence-electron chi connectivity index (χ0n) is 48.3. The van der Waals surface area contributed by atoms with Crippen LogP contribution in [0.15, 0.2) is 96.7 Å². The fraction of sp³-hybridized carbons (Fsp3) is 0.492. The molecule has 2 aliphatic carbocycles. The van der Waals surface area contributed by atoms with Crippen LogP contribution in [0.1, 0.15) is 68.1 Å². The predicted octanol–water partition coefficient (Wildman–Crippen LogP) is 7.03. The summed E-state index contributed by atoms with van der Waals surface area (Å²) in [7, 11) is 0. The number of para-hydroxylation sites is 1. The van der Waals surface area contributed by atoms with Crippen molar-refractivity contribution in [2.45, 2.75) is 72.1 Å². The minimum Gasteiger partial charge on any atom is -0.391 e. The Hall–Kier alpha value is -6.66. The molecule has 4 N–H and O–H groups in total. The summed E-state index contributed by atoms with van der Waals surface area (Å²) < 4.78 is 33.8. The van der Waals surface area contributed by atoms with Gasteiger partial charge in [0.2, 0.25) is 23.6 Å². The molecule has 5 aromatic rings. The molecule has 20 nitrogen and oxygen atoms in total. The maximum absolute atomic E-state index is 14.0. The maximum atomic E-state index is 14.0. The number of likely N-dealkylation sites (tertiary alicyclic amines) is 1. The van der Waals surface area contributed by atoms with Crippen molar-refractivity contribution in [1.82, 2.24) is 20.2 Å². The van der Waals surface area contributed by atoms with E-state index in [1.165, 1.54) is 9.80 Å². The van der Waals surface area contributed by atoms with E-state index in [4.69, 9.17) is 28.4 Å². The number of benzene rings is 3. The van der Waals surface area contributed by atoms with Crippen LogP contribution in [-0.4, -0.2) is 160 Å². The van der Waals surface area contributed by atoms with Crippen molar-refractivity contribution in [3.05, 3.63) is 113 Å². The highest BCUT2D eigenvalue weighted by Crippen LogP contribution is 2.53. The number of amides is 5. The van der Waals surface area contributed by atoms with Gasteiger partial charge in [-0.1, -0.05) is 57.2 Å². The van der Waals surface area contributed by atoms with E-state index in [1.807, 2.05) is 76.2 Å². The van der Waals surface area contributed by atoms with Crippen molar-refractivity contribution < 1.29 is 62.3 Å². The Morgan fingerprint density at radius 2 is 1.33 bits per heavy atom. The first-order valence-electron chi connectivity index (χ1n) is 29.0. The molecule has 21 heteroatoms. The summed E-state index contributed by atoms with van der Waals surface area (Å²) in [5.74, 6) is -2.47. The second-order valence-corrected chi connectivity index (χ2v) is 23.5. The Bertz CT molecular complexity index is 3080. The van der Waals surface area contributed by atoms with Gasteiger partial charge in [0.1, 0.15) is 11.8 Å². The second kappa shape index (κ2) is 29.4. The topological polar surface area (TPSA) is 246 Å². The molecule has 4 aliphatic rings. The van der Waals surface area contributed by atoms with Gasteiger partial charge in [0.25, 0.3) is 5.91 Å². The number of β-amino-alcohol motifs (C(OH)–C–C–N with tert-alkyl or cyclic N) is 1. The Kier molecular flexibility index (Phi) is 21.7. The Labute approximate surface area is 493 Å². The number of pyridine rings is 1. The van der Waals surface area contributed by atoms with Gasteiger partial charge in [-0.3, -0.25) is 38.7 Å². The number of Topliss-reactive ketones (excluding diaryl/α,β-unsaturated/α-hetero) is 1. The molecule has 448 valence electrons. The molecular formula is C63H77N7O13S. The molecule has 0 radical (unpaired) electrons. The van der Waals surface area contributed by atoms with Crippen molar-refractivity contribution in [2.75, 3.05) is 108 Å². The van der Waals surface area contributed by atoms with E-state index >= 15 is 0 Å². The number of thiazole rings is 1. The van der Waals surface area contributed by atoms with Crippen molar-refractivity contribution in [3.8, 4) is 10.4 Å². The van der Waals surface area contributed by atoms with Crippen molar-refractivity contribution in [1.29, 1.82) is 0 Å². The Balaban J connectivity index is 0.557. The summed E-state index contributed by atoms with van der Waals surface area (Å²) in [6.45, 7) is 13.4. The SMILES string of the molecule is Cc1ncsc1-c1ccc(NC(=O)[C@@H]2C[C@@H](O)CN2C(=O)[C@@H](CC(=O)CCOCCOCCOCCOCCOCCOCCNCc2ccnc3c(NC(=O)c4ccc(N5C(=O)[C@@H]6[C@H](C5=O)C5C=C[C@H]6C5)cc4)cccc23)C(C)(C)C)cc1. The highest BCUT2D eigenvalue weighted by Gasteiger charge is 2.59. The largest absolute Gasteiger partial charge is 0.391 e. The van der Waals surface area contributed by atoms with Gasteiger partial charge in [-0.25, -0.2) is 4.98 Å². The standard InChI is InChI=1S/C63H77N7O13S/c1-40-57(84-39-66-40)41-10-14-46(15-11-41)67-59(74)53-36-49(72)38-69(53)60(75)51(63(2,3)4)35-48(71)19-22-78-24-26-80-28-30-82-32-33-83-31-29-81-27-25-79-23-21-64-37-45-18-20-65-56-50(45)6-5-7-52(56)68-58(73)42-12-16-47(17-13-42)70-61(76)54-43-8-9-44(34-43)55(54)62(70)77/h5-18,20,39,43-44,49,51,53-55,64,72H,19,21-38H2,1-4H3,(H,67,74)(H,68,73)/t43-,44?,49+,51+,53-,54-,55+/m0/s1. The van der Waals surface area contributed by atoms with Crippen LogP contribution in [0.25, 0.3) is 21.3 Å². The number of rotatable bonds is 32. The summed E-state index contributed by atoms with van der Waals surface area (Å²) in [6.07, 6.45) is 6.11. The van der Waals surface area contributed by atoms with Gasteiger partial charge in [-0.15, -0.1) is 11.3 Å². The van der Waals surface area contributed by atoms with E-state index in [1.54, 1.807) is 47.3 Å². The van der Waals surface area contributed by atoms with Gasteiger partial charge in [-0.2, -0.15) is 0 Å². The van der Waals surface area contributed by atoms with Crippen LogP contribution in [0.4, 0.5) is 17.1 Å². The van der Waals surface area contributed by atoms with Gasteiger partial charge in [0.15, 0.2) is 0 Å². The number of hydrogen-bond donors (Lipinski definition) is 4. The molecule has 7 atom stereocenters. The number of ether oxygens (including phenoxy) is 6. The van der Waals surface area contributed by atoms with Gasteiger partial charge in [0.05, 0.1) is 130 Å². The van der Waals surface area contributed by atoms with Crippen LogP contribution < -0.4 is 20.9 Å². The molecule has 2 aromatic heterocycles. The first kappa shape index (κ1) is 61.9. The number of nitrogens with zero attached hydrogens (tertiary/aromatic N) is 4. The molecule has 9 rings (SSSR count). The molecule has 2 bridgehead atoms. The third-order valence-electron chi connectivity index (χ3n) is 15.9. The number of allylic oxidation sites excluding steroid dienone is 2. The van der Waals surface area contributed by atoms with E-state index in [2.05, 4.69) is 38.1 Å². The number of imide groups is 1. The summed E-state index contributed by atoms with van der Waals surface area (Å²) in [5, 5.41) is 20.8. The monoisotopic (exact) mass is 1170 g/mol. The minimum absolute atomic E-state index is 0.00782. The number of anilines is 3. The number of ketones is 1. The molecule has 3 fully saturated rings. The zero-order chi connectivity index (χ0) is 59.2. The summed E-state index contributed by atoms with van der Waals surface area (Å²) >= 11 is 1.54. The number of nitrogens with one attached hydrogen (secondary N) is 3. The first-order valence-corrected chi connectivity index (χ1v) is 29.9. The summed E-state index contributed by atoms with van der Waals surface area (Å²) in [4.78, 5) is 93.3. The summed E-state index contributed by atoms with van der Waals surface area (Å²) in [5.41, 5.74) is 6.84. The molecule has 5 amide bonds. The Morgan fingerprint density at radius 3 is 1.93 bits per heavy atom. The van der Waals surface area contributed by atoms with Crippen molar-refractivity contribution in [3.63, 3.8) is 0 Å². The lowest BCUT2D eigenvalue weighted by atomic mass is 9.76.